The monoisotopic (exact) mass is 306 g/mol. The third-order valence-electron chi connectivity index (χ3n) is 3.94. The summed E-state index contributed by atoms with van der Waals surface area (Å²) in [5.74, 6) is -5.04. The van der Waals surface area contributed by atoms with Gasteiger partial charge in [0.1, 0.15) is 5.41 Å². The summed E-state index contributed by atoms with van der Waals surface area (Å²) >= 11 is 0. The van der Waals surface area contributed by atoms with Crippen LogP contribution >= 0.6 is 0 Å². The minimum atomic E-state index is -1.72. The van der Waals surface area contributed by atoms with Crippen LogP contribution in [0.1, 0.15) is 29.5 Å². The fourth-order valence-corrected chi connectivity index (χ4v) is 2.77. The number of carboxylic acids is 1. The summed E-state index contributed by atoms with van der Waals surface area (Å²) in [6, 6.07) is 0.849. The molecule has 114 valence electrons. The number of fused-ring (bicyclic) bond motifs is 3. The molecule has 0 saturated heterocycles. The van der Waals surface area contributed by atoms with E-state index >= 15 is 0 Å². The summed E-state index contributed by atoms with van der Waals surface area (Å²) < 4.78 is 4.87. The lowest BCUT2D eigenvalue weighted by molar-refractivity contribution is -0.142. The third-order valence-corrected chi connectivity index (χ3v) is 3.94. The van der Waals surface area contributed by atoms with Gasteiger partial charge in [-0.3, -0.25) is 9.59 Å². The maximum atomic E-state index is 12.0. The number of phenols is 3. The number of carbonyl (C=O) groups is 2. The maximum absolute atomic E-state index is 12.0. The average molecular weight is 306 g/mol. The predicted molar refractivity (Wildman–Crippen MR) is 71.4 cm³/mol. The Morgan fingerprint density at radius 3 is 2.45 bits per heavy atom. The van der Waals surface area contributed by atoms with Crippen LogP contribution in [-0.4, -0.2) is 32.2 Å². The zero-order valence-corrected chi connectivity index (χ0v) is 11.2. The summed E-state index contributed by atoms with van der Waals surface area (Å²) in [5.41, 5.74) is -2.93. The Morgan fingerprint density at radius 1 is 1.23 bits per heavy atom. The first kappa shape index (κ1) is 13.9. The first-order valence-electron chi connectivity index (χ1n) is 6.20. The highest BCUT2D eigenvalue weighted by atomic mass is 16.4. The predicted octanol–water partition coefficient (Wildman–Crippen LogP) is 0.838. The number of phenolic OH excluding ortho intramolecular Hbond substituents is 3. The van der Waals surface area contributed by atoms with Crippen LogP contribution in [-0.2, 0) is 10.2 Å². The summed E-state index contributed by atoms with van der Waals surface area (Å²) in [7, 11) is 0. The van der Waals surface area contributed by atoms with Crippen molar-refractivity contribution in [2.75, 3.05) is 0 Å². The second-order valence-corrected chi connectivity index (χ2v) is 5.35. The first-order valence-corrected chi connectivity index (χ1v) is 6.20. The van der Waals surface area contributed by atoms with E-state index in [2.05, 4.69) is 0 Å². The molecule has 0 spiro atoms. The molecule has 1 heterocycles. The molecule has 8 heteroatoms. The number of benzene rings is 1. The standard InChI is InChI=1S/C14H10O8/c1-14(13(20)21)3-6(16)11-8(14)7-4(12(19)22-11)2-5(15)9(17)10(7)18/h2,15,17-18H,3H2,1H3,(H,20,21). The van der Waals surface area contributed by atoms with Gasteiger partial charge in [0.15, 0.2) is 23.0 Å². The smallest absolute Gasteiger partial charge is 0.344 e. The molecule has 0 aliphatic heterocycles. The lowest BCUT2D eigenvalue weighted by Gasteiger charge is -2.20. The summed E-state index contributed by atoms with van der Waals surface area (Å²) in [5, 5.41) is 37.9. The Labute approximate surface area is 121 Å². The van der Waals surface area contributed by atoms with E-state index < -0.39 is 52.2 Å². The molecule has 1 aromatic heterocycles. The molecular weight excluding hydrogens is 296 g/mol. The van der Waals surface area contributed by atoms with Crippen LogP contribution < -0.4 is 5.63 Å². The molecule has 1 atom stereocenters. The van der Waals surface area contributed by atoms with E-state index in [1.54, 1.807) is 0 Å². The van der Waals surface area contributed by atoms with Crippen molar-refractivity contribution in [1.29, 1.82) is 0 Å². The van der Waals surface area contributed by atoms with E-state index in [4.69, 9.17) is 4.42 Å². The minimum Gasteiger partial charge on any atom is -0.504 e. The number of carbonyl (C=O) groups excluding carboxylic acids is 1. The number of aromatic hydroxyl groups is 3. The molecule has 0 fully saturated rings. The molecule has 4 N–H and O–H groups in total. The van der Waals surface area contributed by atoms with Crippen molar-refractivity contribution >= 4 is 22.5 Å². The van der Waals surface area contributed by atoms with E-state index in [9.17, 15) is 34.8 Å². The molecule has 1 unspecified atom stereocenters. The quantitative estimate of drug-likeness (QED) is 0.567. The van der Waals surface area contributed by atoms with Crippen molar-refractivity contribution < 1.29 is 34.4 Å². The lowest BCUT2D eigenvalue weighted by Crippen LogP contribution is -2.30. The van der Waals surface area contributed by atoms with Gasteiger partial charge in [-0.15, -0.1) is 0 Å². The molecule has 1 aliphatic carbocycles. The van der Waals surface area contributed by atoms with Crippen LogP contribution in [0.15, 0.2) is 15.3 Å². The average Bonchev–Trinajstić information content (AvgIpc) is 2.69. The van der Waals surface area contributed by atoms with Crippen LogP contribution in [0.3, 0.4) is 0 Å². The van der Waals surface area contributed by atoms with Gasteiger partial charge in [-0.25, -0.2) is 4.79 Å². The number of aliphatic carboxylic acids is 1. The topological polar surface area (TPSA) is 145 Å². The van der Waals surface area contributed by atoms with Crippen LogP contribution in [0.2, 0.25) is 0 Å². The van der Waals surface area contributed by atoms with Crippen molar-refractivity contribution in [2.45, 2.75) is 18.8 Å². The van der Waals surface area contributed by atoms with E-state index in [-0.39, 0.29) is 16.3 Å². The molecule has 22 heavy (non-hydrogen) atoms. The van der Waals surface area contributed by atoms with E-state index in [0.29, 0.717) is 0 Å². The Bertz CT molecular complexity index is 923. The van der Waals surface area contributed by atoms with Crippen molar-refractivity contribution in [2.24, 2.45) is 0 Å². The van der Waals surface area contributed by atoms with Gasteiger partial charge in [0.25, 0.3) is 0 Å². The minimum absolute atomic E-state index is 0.188. The van der Waals surface area contributed by atoms with Crippen molar-refractivity contribution in [3.05, 3.63) is 27.8 Å². The number of rotatable bonds is 1. The summed E-state index contributed by atoms with van der Waals surface area (Å²) in [4.78, 5) is 35.4. The molecule has 1 aromatic carbocycles. The highest BCUT2D eigenvalue weighted by Gasteiger charge is 2.50. The Balaban J connectivity index is 2.62. The second-order valence-electron chi connectivity index (χ2n) is 5.35. The summed E-state index contributed by atoms with van der Waals surface area (Å²) in [6.07, 6.45) is -0.444. The largest absolute Gasteiger partial charge is 0.504 e. The number of carboxylic acid groups (broad SMARTS) is 1. The highest BCUT2D eigenvalue weighted by molar-refractivity contribution is 6.11. The van der Waals surface area contributed by atoms with Gasteiger partial charge in [-0.2, -0.15) is 0 Å². The normalized spacial score (nSPS) is 20.3. The van der Waals surface area contributed by atoms with Crippen molar-refractivity contribution in [3.8, 4) is 17.2 Å². The molecule has 8 nitrogen and oxygen atoms in total. The molecular formula is C14H10O8. The van der Waals surface area contributed by atoms with E-state index in [0.717, 1.165) is 6.07 Å². The Kier molecular flexibility index (Phi) is 2.53. The lowest BCUT2D eigenvalue weighted by atomic mass is 9.82. The third kappa shape index (κ3) is 1.49. The zero-order valence-electron chi connectivity index (χ0n) is 11.2. The van der Waals surface area contributed by atoms with E-state index in [1.807, 2.05) is 0 Å². The number of ketones is 1. The van der Waals surface area contributed by atoms with Crippen molar-refractivity contribution in [1.82, 2.24) is 0 Å². The van der Waals surface area contributed by atoms with Crippen LogP contribution in [0.25, 0.3) is 10.8 Å². The molecule has 3 rings (SSSR count). The zero-order chi connectivity index (χ0) is 16.4. The second kappa shape index (κ2) is 4.00. The molecule has 0 bridgehead atoms. The fourth-order valence-electron chi connectivity index (χ4n) is 2.77. The molecule has 2 aromatic rings. The van der Waals surface area contributed by atoms with Gasteiger partial charge in [0.2, 0.25) is 5.75 Å². The van der Waals surface area contributed by atoms with Crippen LogP contribution in [0, 0.1) is 0 Å². The van der Waals surface area contributed by atoms with Gasteiger partial charge in [-0.05, 0) is 13.0 Å². The van der Waals surface area contributed by atoms with Crippen LogP contribution in [0.4, 0.5) is 0 Å². The number of hydrogen-bond acceptors (Lipinski definition) is 7. The molecule has 0 saturated carbocycles. The highest BCUT2D eigenvalue weighted by Crippen LogP contribution is 2.49. The molecule has 1 aliphatic rings. The molecule has 0 amide bonds. The fraction of sp³-hybridized carbons (Fsp3) is 0.214. The van der Waals surface area contributed by atoms with Crippen LogP contribution in [0.5, 0.6) is 17.2 Å². The summed E-state index contributed by atoms with van der Waals surface area (Å²) in [6.45, 7) is 1.25. The van der Waals surface area contributed by atoms with Gasteiger partial charge >= 0.3 is 11.6 Å². The van der Waals surface area contributed by atoms with Gasteiger partial charge in [-0.1, -0.05) is 0 Å². The van der Waals surface area contributed by atoms with E-state index in [1.165, 1.54) is 6.92 Å². The van der Waals surface area contributed by atoms with Gasteiger partial charge in [0, 0.05) is 17.4 Å². The number of hydrogen-bond donors (Lipinski definition) is 4. The first-order chi connectivity index (χ1) is 10.2. The maximum Gasteiger partial charge on any atom is 0.344 e. The Hall–Kier alpha value is -3.03. The Morgan fingerprint density at radius 2 is 1.86 bits per heavy atom. The molecule has 0 radical (unpaired) electrons. The number of Topliss-reactive ketones (excluding diaryl/α,β-unsaturated/α-hetero) is 1. The SMILES string of the molecule is CC1(C(=O)O)CC(=O)c2oc(=O)c3cc(O)c(O)c(O)c3c21. The van der Waals surface area contributed by atoms with Gasteiger partial charge < -0.3 is 24.8 Å². The van der Waals surface area contributed by atoms with Gasteiger partial charge in [0.05, 0.1) is 5.39 Å². The van der Waals surface area contributed by atoms with Crippen molar-refractivity contribution in [3.63, 3.8) is 0 Å².